The first-order valence-corrected chi connectivity index (χ1v) is 16.8. The number of allylic oxidation sites excluding steroid dienone is 2. The van der Waals surface area contributed by atoms with Crippen LogP contribution in [0.4, 0.5) is 42.1 Å². The molecule has 17 heteroatoms. The van der Waals surface area contributed by atoms with Gasteiger partial charge < -0.3 is 9.84 Å². The lowest BCUT2D eigenvalue weighted by Crippen LogP contribution is -2.60. The highest BCUT2D eigenvalue weighted by atomic mass is 35.5. The minimum Gasteiger partial charge on any atom is -0.491 e. The minimum absolute atomic E-state index is 0.0497. The number of fused-ring (bicyclic) bond motifs is 4. The zero-order chi connectivity index (χ0) is 38.4. The van der Waals surface area contributed by atoms with E-state index < -0.39 is 98.5 Å². The highest BCUT2D eigenvalue weighted by molar-refractivity contribution is 6.58. The predicted molar refractivity (Wildman–Crippen MR) is 175 cm³/mol. The van der Waals surface area contributed by atoms with Gasteiger partial charge in [-0.25, -0.2) is 14.2 Å². The molecule has 3 aromatic carbocycles. The van der Waals surface area contributed by atoms with E-state index in [0.717, 1.165) is 24.3 Å². The van der Waals surface area contributed by atoms with Gasteiger partial charge in [0, 0.05) is 5.92 Å². The van der Waals surface area contributed by atoms with E-state index in [9.17, 15) is 49.9 Å². The SMILES string of the molecule is O=C1[C@H]2[C@H](CC=C3[C@H]2C[C@@]2(Cl)C(=O)N(c4ccc(F)cc4)C(=O)[C@@]2(Cl)[C@H]3c2ccc(OCCO)cc2)C(=O)N1c1cc(C(F)(F)F)cc(C(F)(F)F)c1. The van der Waals surface area contributed by atoms with Crippen molar-refractivity contribution in [2.24, 2.45) is 17.8 Å². The molecule has 53 heavy (non-hydrogen) atoms. The lowest BCUT2D eigenvalue weighted by Gasteiger charge is -2.50. The third-order valence-electron chi connectivity index (χ3n) is 10.3. The van der Waals surface area contributed by atoms with E-state index in [-0.39, 0.29) is 43.5 Å². The first-order valence-electron chi connectivity index (χ1n) is 16.1. The van der Waals surface area contributed by atoms with Gasteiger partial charge in [-0.15, -0.1) is 23.2 Å². The van der Waals surface area contributed by atoms with Crippen molar-refractivity contribution < 1.29 is 59.8 Å². The molecule has 6 atom stereocenters. The number of rotatable bonds is 6. The molecule has 0 spiro atoms. The number of ether oxygens (including phenoxy) is 1. The van der Waals surface area contributed by atoms with Crippen LogP contribution in [0.1, 0.15) is 35.4 Å². The van der Waals surface area contributed by atoms with E-state index >= 15 is 0 Å². The smallest absolute Gasteiger partial charge is 0.416 e. The molecule has 2 heterocycles. The van der Waals surface area contributed by atoms with Crippen LogP contribution in [0.15, 0.2) is 78.4 Å². The van der Waals surface area contributed by atoms with E-state index in [1.807, 2.05) is 0 Å². The van der Waals surface area contributed by atoms with Crippen molar-refractivity contribution in [3.8, 4) is 5.75 Å². The number of anilines is 2. The van der Waals surface area contributed by atoms with Crippen molar-refractivity contribution in [3.05, 3.63) is 101 Å². The minimum atomic E-state index is -5.26. The summed E-state index contributed by atoms with van der Waals surface area (Å²) in [6.45, 7) is -0.343. The fourth-order valence-corrected chi connectivity index (χ4v) is 8.95. The maximum absolute atomic E-state index is 14.4. The van der Waals surface area contributed by atoms with E-state index in [2.05, 4.69) is 0 Å². The van der Waals surface area contributed by atoms with Gasteiger partial charge in [-0.1, -0.05) is 23.8 Å². The van der Waals surface area contributed by atoms with Crippen molar-refractivity contribution in [2.75, 3.05) is 23.0 Å². The van der Waals surface area contributed by atoms with E-state index in [4.69, 9.17) is 33.0 Å². The van der Waals surface area contributed by atoms with Crippen LogP contribution in [-0.4, -0.2) is 51.7 Å². The summed E-state index contributed by atoms with van der Waals surface area (Å²) in [6, 6.07) is 10.8. The molecule has 0 aromatic heterocycles. The number of aliphatic hydroxyl groups excluding tert-OH is 1. The maximum atomic E-state index is 14.4. The van der Waals surface area contributed by atoms with Crippen molar-refractivity contribution >= 4 is 58.2 Å². The summed E-state index contributed by atoms with van der Waals surface area (Å²) in [5, 5.41) is 9.16. The number of imide groups is 2. The van der Waals surface area contributed by atoms with E-state index in [0.29, 0.717) is 26.7 Å². The number of nitrogens with zero attached hydrogens (tertiary/aromatic N) is 2. The molecule has 2 saturated heterocycles. The third kappa shape index (κ3) is 5.61. The van der Waals surface area contributed by atoms with Gasteiger partial charge in [0.15, 0.2) is 9.75 Å². The van der Waals surface area contributed by atoms with Crippen molar-refractivity contribution in [2.45, 2.75) is 40.9 Å². The lowest BCUT2D eigenvalue weighted by atomic mass is 9.56. The molecule has 3 aromatic rings. The molecule has 4 aliphatic rings. The predicted octanol–water partition coefficient (Wildman–Crippen LogP) is 7.00. The van der Waals surface area contributed by atoms with Crippen molar-refractivity contribution in [3.63, 3.8) is 0 Å². The zero-order valence-electron chi connectivity index (χ0n) is 26.9. The highest BCUT2D eigenvalue weighted by Gasteiger charge is 2.76. The van der Waals surface area contributed by atoms with Crippen molar-refractivity contribution in [1.29, 1.82) is 0 Å². The number of carbonyl (C=O) groups is 4. The standard InChI is InChI=1S/C36H25Cl2F7N2O6/c37-33-16-26-24(9-10-25-27(26)30(50)46(29(25)49)22-14-18(35(40,41)42)13-19(15-22)36(43,44)45)28(17-1-7-23(8-2-17)53-12-11-48)34(33,38)32(52)47(31(33)51)21-5-3-20(39)4-6-21/h1-9,13-15,25-28,48H,10-12,16H2/t25-,26+,27-,28-,33+,34-/m0/s1. The Balaban J connectivity index is 1.36. The number of alkyl halides is 8. The van der Waals surface area contributed by atoms with Gasteiger partial charge in [-0.3, -0.25) is 19.2 Å². The third-order valence-corrected chi connectivity index (χ3v) is 11.7. The summed E-state index contributed by atoms with van der Waals surface area (Å²) < 4.78 is 102. The van der Waals surface area contributed by atoms with Crippen LogP contribution in [0.25, 0.3) is 0 Å². The Morgan fingerprint density at radius 2 is 1.38 bits per heavy atom. The number of benzene rings is 3. The summed E-state index contributed by atoms with van der Waals surface area (Å²) in [5.74, 6) is -9.70. The second kappa shape index (κ2) is 12.6. The average molecular weight is 785 g/mol. The topological polar surface area (TPSA) is 104 Å². The Bertz CT molecular complexity index is 2040. The molecular weight excluding hydrogens is 760 g/mol. The lowest BCUT2D eigenvalue weighted by molar-refractivity contribution is -0.143. The van der Waals surface area contributed by atoms with Crippen LogP contribution < -0.4 is 14.5 Å². The Hall–Kier alpha value is -4.47. The Kier molecular flexibility index (Phi) is 8.73. The Morgan fingerprint density at radius 3 is 1.94 bits per heavy atom. The van der Waals surface area contributed by atoms with Gasteiger partial charge in [0.05, 0.1) is 40.9 Å². The summed E-state index contributed by atoms with van der Waals surface area (Å²) in [6.07, 6.45) is -9.75. The van der Waals surface area contributed by atoms with Crippen LogP contribution >= 0.6 is 23.2 Å². The second-order valence-electron chi connectivity index (χ2n) is 13.2. The number of carbonyl (C=O) groups excluding carboxylic acids is 4. The summed E-state index contributed by atoms with van der Waals surface area (Å²) in [7, 11) is 0. The van der Waals surface area contributed by atoms with Crippen LogP contribution in [-0.2, 0) is 31.5 Å². The highest BCUT2D eigenvalue weighted by Crippen LogP contribution is 2.66. The van der Waals surface area contributed by atoms with Crippen LogP contribution in [0.2, 0.25) is 0 Å². The molecule has 0 radical (unpaired) electrons. The maximum Gasteiger partial charge on any atom is 0.416 e. The average Bonchev–Trinajstić information content (AvgIpc) is 3.44. The number of hydrogen-bond donors (Lipinski definition) is 1. The molecule has 278 valence electrons. The molecule has 8 nitrogen and oxygen atoms in total. The molecule has 0 unspecified atom stereocenters. The van der Waals surface area contributed by atoms with Gasteiger partial charge in [0.1, 0.15) is 18.2 Å². The van der Waals surface area contributed by atoms with Gasteiger partial charge in [0.25, 0.3) is 11.8 Å². The summed E-state index contributed by atoms with van der Waals surface area (Å²) in [5.41, 5.74) is -3.87. The molecule has 4 amide bonds. The van der Waals surface area contributed by atoms with Crippen LogP contribution in [0, 0.1) is 23.6 Å². The van der Waals surface area contributed by atoms with Crippen molar-refractivity contribution in [1.82, 2.24) is 0 Å². The summed E-state index contributed by atoms with van der Waals surface area (Å²) >= 11 is 14.5. The largest absolute Gasteiger partial charge is 0.491 e. The second-order valence-corrected chi connectivity index (χ2v) is 14.4. The zero-order valence-corrected chi connectivity index (χ0v) is 28.4. The number of hydrogen-bond acceptors (Lipinski definition) is 6. The molecule has 7 rings (SSSR count). The quantitative estimate of drug-likeness (QED) is 0.125. The fraction of sp³-hybridized carbons (Fsp3) is 0.333. The molecule has 2 aliphatic heterocycles. The normalized spacial score (nSPS) is 28.5. The molecule has 1 N–H and O–H groups in total. The molecule has 0 bridgehead atoms. The van der Waals surface area contributed by atoms with Crippen LogP contribution in [0.3, 0.4) is 0 Å². The van der Waals surface area contributed by atoms with Crippen LogP contribution in [0.5, 0.6) is 5.75 Å². The van der Waals surface area contributed by atoms with Gasteiger partial charge in [-0.05, 0) is 78.9 Å². The molecular formula is C36H25Cl2F7N2O6. The fourth-order valence-electron chi connectivity index (χ4n) is 8.01. The van der Waals surface area contributed by atoms with E-state index in [1.165, 1.54) is 30.3 Å². The number of halogens is 9. The monoisotopic (exact) mass is 784 g/mol. The first-order chi connectivity index (χ1) is 24.8. The van der Waals surface area contributed by atoms with Gasteiger partial charge in [0.2, 0.25) is 11.8 Å². The Labute approximate surface area is 305 Å². The molecule has 3 fully saturated rings. The molecule has 1 saturated carbocycles. The number of amides is 4. The van der Waals surface area contributed by atoms with Gasteiger partial charge in [-0.2, -0.15) is 26.3 Å². The first kappa shape index (κ1) is 36.9. The molecule has 2 aliphatic carbocycles. The number of aliphatic hydroxyl groups is 1. The summed E-state index contributed by atoms with van der Waals surface area (Å²) in [4.78, 5) is 53.2. The van der Waals surface area contributed by atoms with Gasteiger partial charge >= 0.3 is 12.4 Å². The van der Waals surface area contributed by atoms with E-state index in [1.54, 1.807) is 0 Å². The Morgan fingerprint density at radius 1 is 0.774 bits per heavy atom.